The Labute approximate surface area is 139 Å². The van der Waals surface area contributed by atoms with Gasteiger partial charge in [0.25, 0.3) is 5.91 Å². The Balaban J connectivity index is 1.67. The highest BCUT2D eigenvalue weighted by Crippen LogP contribution is 2.43. The zero-order valence-electron chi connectivity index (χ0n) is 14.0. The van der Waals surface area contributed by atoms with Crippen LogP contribution >= 0.6 is 0 Å². The molecule has 0 unspecified atom stereocenters. The number of aromatic nitrogens is 3. The van der Waals surface area contributed by atoms with E-state index in [4.69, 9.17) is 13.7 Å². The highest BCUT2D eigenvalue weighted by atomic mass is 16.5. The molecule has 2 aliphatic heterocycles. The molecule has 4 rings (SSSR count). The molecule has 2 saturated heterocycles. The maximum absolute atomic E-state index is 13.0. The van der Waals surface area contributed by atoms with Crippen LogP contribution in [0.15, 0.2) is 8.94 Å². The van der Waals surface area contributed by atoms with Crippen molar-refractivity contribution in [1.82, 2.24) is 20.3 Å². The summed E-state index contributed by atoms with van der Waals surface area (Å²) in [5.41, 5.74) is 0.739. The predicted molar refractivity (Wildman–Crippen MR) is 81.6 cm³/mol. The number of likely N-dealkylation sites (tertiary alicyclic amines) is 1. The summed E-state index contributed by atoms with van der Waals surface area (Å²) in [6, 6.07) is 0. The SMILES string of the molecule is Cc1nnc([C@@]23CCO[C@@H]2CCN(C(=O)c2c(C)noc2C)C3)o1. The van der Waals surface area contributed by atoms with Gasteiger partial charge in [-0.2, -0.15) is 0 Å². The summed E-state index contributed by atoms with van der Waals surface area (Å²) < 4.78 is 16.8. The van der Waals surface area contributed by atoms with E-state index in [1.165, 1.54) is 0 Å². The van der Waals surface area contributed by atoms with Crippen LogP contribution < -0.4 is 0 Å². The molecular weight excluding hydrogens is 312 g/mol. The minimum atomic E-state index is -0.422. The lowest BCUT2D eigenvalue weighted by atomic mass is 9.76. The molecule has 0 spiro atoms. The largest absolute Gasteiger partial charge is 0.425 e. The number of aryl methyl sites for hydroxylation is 3. The van der Waals surface area contributed by atoms with Crippen LogP contribution in [0.4, 0.5) is 0 Å². The molecule has 0 aliphatic carbocycles. The van der Waals surface area contributed by atoms with E-state index < -0.39 is 5.41 Å². The molecule has 0 bridgehead atoms. The van der Waals surface area contributed by atoms with Crippen molar-refractivity contribution in [3.63, 3.8) is 0 Å². The zero-order chi connectivity index (χ0) is 16.9. The molecule has 0 saturated carbocycles. The number of hydrogen-bond acceptors (Lipinski definition) is 7. The third-order valence-electron chi connectivity index (χ3n) is 5.10. The highest BCUT2D eigenvalue weighted by Gasteiger charge is 2.53. The fraction of sp³-hybridized carbons (Fsp3) is 0.625. The van der Waals surface area contributed by atoms with Crippen LogP contribution in [-0.4, -0.2) is 52.0 Å². The van der Waals surface area contributed by atoms with Gasteiger partial charge in [-0.05, 0) is 26.7 Å². The molecule has 2 atom stereocenters. The van der Waals surface area contributed by atoms with Crippen LogP contribution in [0, 0.1) is 20.8 Å². The Bertz CT molecular complexity index is 763. The van der Waals surface area contributed by atoms with E-state index in [1.54, 1.807) is 20.8 Å². The first-order valence-electron chi connectivity index (χ1n) is 8.15. The van der Waals surface area contributed by atoms with Gasteiger partial charge in [-0.3, -0.25) is 4.79 Å². The van der Waals surface area contributed by atoms with E-state index in [1.807, 2.05) is 4.90 Å². The van der Waals surface area contributed by atoms with Crippen molar-refractivity contribution in [3.8, 4) is 0 Å². The Morgan fingerprint density at radius 3 is 2.79 bits per heavy atom. The molecule has 2 fully saturated rings. The average molecular weight is 332 g/mol. The number of fused-ring (bicyclic) bond motifs is 1. The first-order valence-corrected chi connectivity index (χ1v) is 8.15. The molecule has 0 N–H and O–H groups in total. The lowest BCUT2D eigenvalue weighted by Crippen LogP contribution is -2.54. The maximum Gasteiger partial charge on any atom is 0.259 e. The molecule has 128 valence electrons. The number of rotatable bonds is 2. The summed E-state index contributed by atoms with van der Waals surface area (Å²) in [5, 5.41) is 12.1. The summed E-state index contributed by atoms with van der Waals surface area (Å²) in [5.74, 6) is 1.58. The molecule has 2 aromatic heterocycles. The average Bonchev–Trinajstić information content (AvgIpc) is 3.25. The predicted octanol–water partition coefficient (Wildman–Crippen LogP) is 1.56. The maximum atomic E-state index is 13.0. The van der Waals surface area contributed by atoms with Gasteiger partial charge in [0.2, 0.25) is 11.8 Å². The van der Waals surface area contributed by atoms with Crippen molar-refractivity contribution in [2.45, 2.75) is 45.1 Å². The fourth-order valence-corrected chi connectivity index (χ4v) is 3.87. The smallest absolute Gasteiger partial charge is 0.259 e. The van der Waals surface area contributed by atoms with Gasteiger partial charge in [-0.25, -0.2) is 0 Å². The molecule has 8 heteroatoms. The molecule has 8 nitrogen and oxygen atoms in total. The van der Waals surface area contributed by atoms with E-state index in [9.17, 15) is 4.79 Å². The first-order chi connectivity index (χ1) is 11.5. The molecule has 4 heterocycles. The van der Waals surface area contributed by atoms with Crippen molar-refractivity contribution in [3.05, 3.63) is 28.8 Å². The number of amides is 1. The van der Waals surface area contributed by atoms with E-state index in [-0.39, 0.29) is 12.0 Å². The third kappa shape index (κ3) is 2.16. The molecule has 24 heavy (non-hydrogen) atoms. The van der Waals surface area contributed by atoms with Gasteiger partial charge in [0.05, 0.1) is 17.2 Å². The van der Waals surface area contributed by atoms with E-state index in [0.717, 1.165) is 12.8 Å². The summed E-state index contributed by atoms with van der Waals surface area (Å²) in [4.78, 5) is 14.8. The molecule has 1 amide bonds. The van der Waals surface area contributed by atoms with Gasteiger partial charge in [-0.15, -0.1) is 10.2 Å². The van der Waals surface area contributed by atoms with Crippen molar-refractivity contribution < 1.29 is 18.5 Å². The summed E-state index contributed by atoms with van der Waals surface area (Å²) >= 11 is 0. The number of hydrogen-bond donors (Lipinski definition) is 0. The van der Waals surface area contributed by atoms with E-state index in [2.05, 4.69) is 15.4 Å². The number of nitrogens with zero attached hydrogens (tertiary/aromatic N) is 4. The number of carbonyl (C=O) groups is 1. The summed E-state index contributed by atoms with van der Waals surface area (Å²) in [7, 11) is 0. The Morgan fingerprint density at radius 1 is 1.29 bits per heavy atom. The van der Waals surface area contributed by atoms with Gasteiger partial charge < -0.3 is 18.6 Å². The molecule has 2 aromatic rings. The quantitative estimate of drug-likeness (QED) is 0.823. The second-order valence-electron chi connectivity index (χ2n) is 6.61. The molecule has 2 aliphatic rings. The van der Waals surface area contributed by atoms with Crippen LogP contribution in [0.1, 0.15) is 46.4 Å². The van der Waals surface area contributed by atoms with Gasteiger partial charge in [0.1, 0.15) is 11.3 Å². The van der Waals surface area contributed by atoms with Crippen LogP contribution in [0.2, 0.25) is 0 Å². The molecular formula is C16H20N4O4. The van der Waals surface area contributed by atoms with Gasteiger partial charge >= 0.3 is 0 Å². The lowest BCUT2D eigenvalue weighted by Gasteiger charge is -2.41. The monoisotopic (exact) mass is 332 g/mol. The Morgan fingerprint density at radius 2 is 2.12 bits per heavy atom. The summed E-state index contributed by atoms with van der Waals surface area (Å²) in [6.07, 6.45) is 1.52. The topological polar surface area (TPSA) is 94.5 Å². The van der Waals surface area contributed by atoms with Crippen molar-refractivity contribution in [1.29, 1.82) is 0 Å². The number of carbonyl (C=O) groups excluding carboxylic acids is 1. The van der Waals surface area contributed by atoms with Crippen LogP contribution in [0.5, 0.6) is 0 Å². The van der Waals surface area contributed by atoms with Gasteiger partial charge in [-0.1, -0.05) is 5.16 Å². The van der Waals surface area contributed by atoms with Crippen molar-refractivity contribution in [2.24, 2.45) is 0 Å². The van der Waals surface area contributed by atoms with Crippen molar-refractivity contribution in [2.75, 3.05) is 19.7 Å². The minimum Gasteiger partial charge on any atom is -0.425 e. The highest BCUT2D eigenvalue weighted by molar-refractivity contribution is 5.96. The first kappa shape index (κ1) is 15.3. The molecule has 0 radical (unpaired) electrons. The Kier molecular flexibility index (Phi) is 3.45. The molecule has 0 aromatic carbocycles. The Hall–Kier alpha value is -2.22. The van der Waals surface area contributed by atoms with Crippen LogP contribution in [0.25, 0.3) is 0 Å². The summed E-state index contributed by atoms with van der Waals surface area (Å²) in [6.45, 7) is 7.08. The van der Waals surface area contributed by atoms with Crippen molar-refractivity contribution >= 4 is 5.91 Å². The van der Waals surface area contributed by atoms with Gasteiger partial charge in [0, 0.05) is 26.6 Å². The number of ether oxygens (including phenoxy) is 1. The van der Waals surface area contributed by atoms with Crippen LogP contribution in [-0.2, 0) is 10.2 Å². The number of piperidine rings is 1. The van der Waals surface area contributed by atoms with E-state index in [0.29, 0.717) is 48.5 Å². The zero-order valence-corrected chi connectivity index (χ0v) is 14.0. The lowest BCUT2D eigenvalue weighted by molar-refractivity contribution is 0.00960. The standard InChI is InChI=1S/C16H20N4O4/c1-9-13(10(2)24-19-9)14(21)20-6-4-12-16(8-20,5-7-22-12)15-18-17-11(3)23-15/h12H,4-8H2,1-3H3/t12-,16-/m1/s1. The minimum absolute atomic E-state index is 0.00562. The van der Waals surface area contributed by atoms with Crippen LogP contribution in [0.3, 0.4) is 0 Å². The normalized spacial score (nSPS) is 26.6. The second-order valence-corrected chi connectivity index (χ2v) is 6.61. The second kappa shape index (κ2) is 5.41. The van der Waals surface area contributed by atoms with E-state index >= 15 is 0 Å². The third-order valence-corrected chi connectivity index (χ3v) is 5.10. The fourth-order valence-electron chi connectivity index (χ4n) is 3.87. The van der Waals surface area contributed by atoms with Gasteiger partial charge in [0.15, 0.2) is 0 Å².